The molecule has 258 valence electrons. The fourth-order valence-corrected chi connectivity index (χ4v) is 5.00. The topological polar surface area (TPSA) is 164 Å². The summed E-state index contributed by atoms with van der Waals surface area (Å²) in [6.07, 6.45) is 0.818. The molecular weight excluding hydrogens is 611 g/mol. The molecule has 1 rings (SSSR count). The first-order valence-electron chi connectivity index (χ1n) is 15.7. The number of hydrogen-bond acceptors (Lipinski definition) is 7. The number of ketones is 2. The number of esters is 1. The highest BCUT2D eigenvalue weighted by molar-refractivity contribution is 5.97. The predicted octanol–water partition coefficient (Wildman–Crippen LogP) is 6.31. The Kier molecular flexibility index (Phi) is 17.8. The standard InChI is InChI=1S/C33H46F3NO9/c1-4-5-6-7-8-9-10-12-22(3)31(44)37-25(16-18-29(42)43)26(38)19-23(15-17-28(40)41)27(39)20-46-32(45)30-21(2)13-11-14-24(30)33(34,35)36/h11,13-14,22-23,25H,4-10,12,15-20H2,1-3H3,(H,37,44)(H,40,41)(H,42,43)/t22?,23-,25?/m1/s1. The first-order valence-corrected chi connectivity index (χ1v) is 15.7. The van der Waals surface area contributed by atoms with Crippen LogP contribution in [0.1, 0.15) is 119 Å². The van der Waals surface area contributed by atoms with Gasteiger partial charge >= 0.3 is 24.1 Å². The van der Waals surface area contributed by atoms with Crippen molar-refractivity contribution in [2.24, 2.45) is 11.8 Å². The van der Waals surface area contributed by atoms with E-state index in [1.165, 1.54) is 19.4 Å². The fourth-order valence-electron chi connectivity index (χ4n) is 5.00. The van der Waals surface area contributed by atoms with Crippen molar-refractivity contribution in [1.29, 1.82) is 0 Å². The van der Waals surface area contributed by atoms with Gasteiger partial charge in [0.2, 0.25) is 5.91 Å². The van der Waals surface area contributed by atoms with Gasteiger partial charge in [-0.1, -0.05) is 70.9 Å². The zero-order valence-corrected chi connectivity index (χ0v) is 26.7. The third kappa shape index (κ3) is 15.0. The average molecular weight is 658 g/mol. The molecule has 2 unspecified atom stereocenters. The van der Waals surface area contributed by atoms with Crippen LogP contribution in [0.15, 0.2) is 18.2 Å². The molecule has 0 aliphatic rings. The first-order chi connectivity index (χ1) is 21.6. The number of carboxylic acids is 2. The van der Waals surface area contributed by atoms with E-state index in [9.17, 15) is 41.9 Å². The number of unbranched alkanes of at least 4 members (excludes halogenated alkanes) is 6. The van der Waals surface area contributed by atoms with Crippen molar-refractivity contribution in [3.8, 4) is 0 Å². The van der Waals surface area contributed by atoms with Gasteiger partial charge in [-0.2, -0.15) is 13.2 Å². The molecule has 0 aromatic heterocycles. The maximum atomic E-state index is 13.5. The van der Waals surface area contributed by atoms with Gasteiger partial charge in [0.05, 0.1) is 17.2 Å². The summed E-state index contributed by atoms with van der Waals surface area (Å²) in [5, 5.41) is 20.9. The van der Waals surface area contributed by atoms with Crippen LogP contribution < -0.4 is 5.32 Å². The van der Waals surface area contributed by atoms with Crippen LogP contribution >= 0.6 is 0 Å². The Morgan fingerprint density at radius 1 is 0.848 bits per heavy atom. The van der Waals surface area contributed by atoms with Crippen LogP contribution in [0, 0.1) is 18.8 Å². The van der Waals surface area contributed by atoms with Gasteiger partial charge in [-0.25, -0.2) is 4.79 Å². The van der Waals surface area contributed by atoms with Crippen molar-refractivity contribution in [2.75, 3.05) is 6.61 Å². The van der Waals surface area contributed by atoms with Crippen LogP contribution in [0.4, 0.5) is 13.2 Å². The number of rotatable bonds is 23. The van der Waals surface area contributed by atoms with Crippen LogP contribution in [0.5, 0.6) is 0 Å². The molecule has 10 nitrogen and oxygen atoms in total. The number of hydrogen-bond donors (Lipinski definition) is 3. The first kappa shape index (κ1) is 40.3. The Labute approximate surface area is 267 Å². The molecule has 13 heteroatoms. The fraction of sp³-hybridized carbons (Fsp3) is 0.636. The molecule has 0 heterocycles. The van der Waals surface area contributed by atoms with Crippen molar-refractivity contribution >= 4 is 35.4 Å². The molecule has 0 radical (unpaired) electrons. The molecule has 1 aromatic carbocycles. The molecular formula is C33H46F3NO9. The maximum absolute atomic E-state index is 13.5. The van der Waals surface area contributed by atoms with E-state index in [-0.39, 0.29) is 18.4 Å². The molecule has 0 saturated heterocycles. The van der Waals surface area contributed by atoms with Crippen molar-refractivity contribution in [3.63, 3.8) is 0 Å². The number of Topliss-reactive ketones (excluding diaryl/α,β-unsaturated/α-hetero) is 2. The highest BCUT2D eigenvalue weighted by atomic mass is 19.4. The minimum absolute atomic E-state index is 0.0388. The summed E-state index contributed by atoms with van der Waals surface area (Å²) in [5.74, 6) is -7.78. The Hall–Kier alpha value is -3.77. The van der Waals surface area contributed by atoms with Gasteiger partial charge in [-0.15, -0.1) is 0 Å². The minimum Gasteiger partial charge on any atom is -0.481 e. The Bertz CT molecular complexity index is 1200. The van der Waals surface area contributed by atoms with Crippen LogP contribution in [0.2, 0.25) is 0 Å². The zero-order chi connectivity index (χ0) is 34.9. The van der Waals surface area contributed by atoms with Crippen LogP contribution in [0.3, 0.4) is 0 Å². The summed E-state index contributed by atoms with van der Waals surface area (Å²) in [7, 11) is 0. The Balaban J connectivity index is 2.96. The van der Waals surface area contributed by atoms with Crippen molar-refractivity contribution in [2.45, 2.75) is 116 Å². The predicted molar refractivity (Wildman–Crippen MR) is 162 cm³/mol. The quantitative estimate of drug-likeness (QED) is 0.0904. The van der Waals surface area contributed by atoms with Gasteiger partial charge in [0.25, 0.3) is 0 Å². The summed E-state index contributed by atoms with van der Waals surface area (Å²) in [6.45, 7) is 4.07. The number of nitrogens with one attached hydrogen (secondary N) is 1. The zero-order valence-electron chi connectivity index (χ0n) is 26.7. The van der Waals surface area contributed by atoms with E-state index in [0.29, 0.717) is 12.5 Å². The highest BCUT2D eigenvalue weighted by Crippen LogP contribution is 2.33. The largest absolute Gasteiger partial charge is 0.481 e. The Morgan fingerprint density at radius 2 is 1.43 bits per heavy atom. The normalized spacial score (nSPS) is 13.3. The number of amides is 1. The molecule has 0 aliphatic carbocycles. The summed E-state index contributed by atoms with van der Waals surface area (Å²) in [6, 6.07) is 1.80. The summed E-state index contributed by atoms with van der Waals surface area (Å²) < 4.78 is 45.3. The van der Waals surface area contributed by atoms with Gasteiger partial charge in [-0.05, 0) is 37.8 Å². The molecule has 1 amide bonds. The molecule has 0 bridgehead atoms. The lowest BCUT2D eigenvalue weighted by Crippen LogP contribution is -2.44. The summed E-state index contributed by atoms with van der Waals surface area (Å²) in [4.78, 5) is 74.3. The lowest BCUT2D eigenvalue weighted by Gasteiger charge is -2.22. The van der Waals surface area contributed by atoms with E-state index in [0.717, 1.165) is 44.6 Å². The van der Waals surface area contributed by atoms with Crippen LogP contribution in [0.25, 0.3) is 0 Å². The number of carbonyl (C=O) groups is 6. The van der Waals surface area contributed by atoms with Gasteiger partial charge in [0, 0.05) is 31.1 Å². The maximum Gasteiger partial charge on any atom is 0.417 e. The molecule has 0 aliphatic heterocycles. The number of benzene rings is 1. The van der Waals surface area contributed by atoms with Gasteiger partial charge in [-0.3, -0.25) is 24.0 Å². The van der Waals surface area contributed by atoms with Crippen molar-refractivity contribution < 1.29 is 56.9 Å². The number of carboxylic acid groups (broad SMARTS) is 2. The van der Waals surface area contributed by atoms with Crippen LogP contribution in [-0.2, 0) is 34.9 Å². The lowest BCUT2D eigenvalue weighted by molar-refractivity contribution is -0.140. The Morgan fingerprint density at radius 3 is 2.02 bits per heavy atom. The van der Waals surface area contributed by atoms with Crippen molar-refractivity contribution in [3.05, 3.63) is 34.9 Å². The second kappa shape index (κ2) is 20.4. The molecule has 3 atom stereocenters. The molecule has 0 fully saturated rings. The second-order valence-corrected chi connectivity index (χ2v) is 11.6. The highest BCUT2D eigenvalue weighted by Gasteiger charge is 2.37. The second-order valence-electron chi connectivity index (χ2n) is 11.6. The summed E-state index contributed by atoms with van der Waals surface area (Å²) in [5.41, 5.74) is -2.06. The average Bonchev–Trinajstić information content (AvgIpc) is 2.98. The van der Waals surface area contributed by atoms with E-state index in [1.54, 1.807) is 6.92 Å². The monoisotopic (exact) mass is 657 g/mol. The number of aliphatic carboxylic acids is 2. The molecule has 3 N–H and O–H groups in total. The van der Waals surface area contributed by atoms with Gasteiger partial charge in [0.1, 0.15) is 0 Å². The molecule has 1 aromatic rings. The van der Waals surface area contributed by atoms with E-state index < -0.39 is 96.4 Å². The van der Waals surface area contributed by atoms with Gasteiger partial charge in [0.15, 0.2) is 18.2 Å². The third-order valence-corrected chi connectivity index (χ3v) is 7.78. The number of ether oxygens (including phenoxy) is 1. The molecule has 0 spiro atoms. The summed E-state index contributed by atoms with van der Waals surface area (Å²) >= 11 is 0. The smallest absolute Gasteiger partial charge is 0.417 e. The van der Waals surface area contributed by atoms with Crippen molar-refractivity contribution in [1.82, 2.24) is 5.32 Å². The van der Waals surface area contributed by atoms with E-state index in [4.69, 9.17) is 14.9 Å². The third-order valence-electron chi connectivity index (χ3n) is 7.78. The minimum atomic E-state index is -4.87. The molecule has 0 saturated carbocycles. The number of halogens is 3. The van der Waals surface area contributed by atoms with Crippen LogP contribution in [-0.4, -0.2) is 58.2 Å². The molecule has 46 heavy (non-hydrogen) atoms. The number of aryl methyl sites for hydroxylation is 1. The van der Waals surface area contributed by atoms with Gasteiger partial charge < -0.3 is 20.3 Å². The SMILES string of the molecule is CCCCCCCCCC(C)C(=O)NC(CCC(=O)O)C(=O)C[C@@H](CCC(=O)O)C(=O)COC(=O)c1c(C)cccc1C(F)(F)F. The number of alkyl halides is 3. The number of carbonyl (C=O) groups excluding carboxylic acids is 4. The van der Waals surface area contributed by atoms with E-state index >= 15 is 0 Å². The van der Waals surface area contributed by atoms with E-state index in [2.05, 4.69) is 12.2 Å². The lowest BCUT2D eigenvalue weighted by atomic mass is 9.89. The van der Waals surface area contributed by atoms with E-state index in [1.807, 2.05) is 0 Å².